The van der Waals surface area contributed by atoms with Crippen molar-refractivity contribution in [3.05, 3.63) is 88.6 Å². The monoisotopic (exact) mass is 487 g/mol. The van der Waals surface area contributed by atoms with Crippen molar-refractivity contribution < 1.29 is 27.8 Å². The maximum absolute atomic E-state index is 13.2. The van der Waals surface area contributed by atoms with E-state index in [1.165, 1.54) is 16.7 Å². The van der Waals surface area contributed by atoms with Gasteiger partial charge in [0, 0.05) is 16.1 Å². The van der Waals surface area contributed by atoms with E-state index < -0.39 is 17.7 Å². The van der Waals surface area contributed by atoms with E-state index in [1.807, 2.05) is 24.3 Å². The number of carboxylic acid groups (broad SMARTS) is 1. The van der Waals surface area contributed by atoms with Crippen LogP contribution in [0, 0.1) is 0 Å². The minimum atomic E-state index is -4.56. The van der Waals surface area contributed by atoms with Crippen LogP contribution in [0.15, 0.2) is 66.7 Å². The first kappa shape index (κ1) is 23.7. The molecule has 34 heavy (non-hydrogen) atoms. The third kappa shape index (κ3) is 4.75. The summed E-state index contributed by atoms with van der Waals surface area (Å²) in [6, 6.07) is 16.6. The summed E-state index contributed by atoms with van der Waals surface area (Å²) in [5.41, 5.74) is 1.06. The zero-order chi connectivity index (χ0) is 24.5. The van der Waals surface area contributed by atoms with E-state index in [0.717, 1.165) is 37.0 Å². The van der Waals surface area contributed by atoms with Crippen LogP contribution in [-0.4, -0.2) is 15.6 Å². The smallest absolute Gasteiger partial charge is 0.416 e. The molecule has 4 nitrogen and oxygen atoms in total. The molecule has 0 saturated carbocycles. The van der Waals surface area contributed by atoms with Crippen LogP contribution in [0.5, 0.6) is 11.5 Å². The first-order valence-corrected chi connectivity index (χ1v) is 11.1. The van der Waals surface area contributed by atoms with Crippen LogP contribution in [0.2, 0.25) is 5.02 Å². The number of benzene rings is 3. The second-order valence-corrected chi connectivity index (χ2v) is 8.31. The van der Waals surface area contributed by atoms with E-state index in [-0.39, 0.29) is 17.2 Å². The maximum Gasteiger partial charge on any atom is 0.416 e. The van der Waals surface area contributed by atoms with Gasteiger partial charge in [0.15, 0.2) is 11.4 Å². The van der Waals surface area contributed by atoms with Gasteiger partial charge in [-0.1, -0.05) is 43.1 Å². The molecule has 0 unspecified atom stereocenters. The fourth-order valence-electron chi connectivity index (χ4n) is 3.84. The summed E-state index contributed by atoms with van der Waals surface area (Å²) in [5, 5.41) is 10.9. The third-order valence-corrected chi connectivity index (χ3v) is 5.72. The van der Waals surface area contributed by atoms with Crippen molar-refractivity contribution in [3.8, 4) is 17.2 Å². The second-order valence-electron chi connectivity index (χ2n) is 7.88. The number of unbranched alkanes of at least 4 members (excludes halogenated alkanes) is 1. The largest absolute Gasteiger partial charge is 0.476 e. The number of ether oxygens (including phenoxy) is 1. The average molecular weight is 488 g/mol. The highest BCUT2D eigenvalue weighted by Gasteiger charge is 2.31. The van der Waals surface area contributed by atoms with Crippen LogP contribution in [0.4, 0.5) is 13.2 Å². The van der Waals surface area contributed by atoms with Crippen LogP contribution in [-0.2, 0) is 12.6 Å². The van der Waals surface area contributed by atoms with Gasteiger partial charge in [-0.05, 0) is 66.9 Å². The molecule has 0 aliphatic rings. The molecule has 1 aromatic heterocycles. The van der Waals surface area contributed by atoms with Crippen LogP contribution in [0.1, 0.15) is 41.4 Å². The zero-order valence-electron chi connectivity index (χ0n) is 18.2. The van der Waals surface area contributed by atoms with Crippen LogP contribution < -0.4 is 4.74 Å². The number of aromatic carboxylic acids is 1. The van der Waals surface area contributed by atoms with Gasteiger partial charge in [0.1, 0.15) is 5.75 Å². The number of halogens is 4. The van der Waals surface area contributed by atoms with Gasteiger partial charge < -0.3 is 14.4 Å². The number of aromatic nitrogens is 1. The Hall–Kier alpha value is -3.45. The van der Waals surface area contributed by atoms with Gasteiger partial charge in [-0.3, -0.25) is 0 Å². The summed E-state index contributed by atoms with van der Waals surface area (Å²) in [4.78, 5) is 12.4. The molecule has 0 amide bonds. The molecule has 4 rings (SSSR count). The molecule has 0 radical (unpaired) electrons. The van der Waals surface area contributed by atoms with Gasteiger partial charge in [-0.25, -0.2) is 4.79 Å². The molecular weight excluding hydrogens is 467 g/mol. The highest BCUT2D eigenvalue weighted by atomic mass is 35.5. The normalized spacial score (nSPS) is 11.7. The Balaban J connectivity index is 1.88. The Labute approximate surface area is 199 Å². The van der Waals surface area contributed by atoms with Gasteiger partial charge in [-0.15, -0.1) is 0 Å². The first-order chi connectivity index (χ1) is 16.2. The van der Waals surface area contributed by atoms with Crippen molar-refractivity contribution in [2.24, 2.45) is 0 Å². The second kappa shape index (κ2) is 9.43. The standard InChI is InChI=1S/C26H21ClF3NO3/c1-2-3-5-16-8-11-19(12-9-16)31-22-15-18(27)10-13-21(22)24(23(31)25(32)33)34-20-7-4-6-17(14-20)26(28,29)30/h4,6-15H,2-3,5H2,1H3,(H,32,33). The molecule has 176 valence electrons. The third-order valence-electron chi connectivity index (χ3n) is 5.48. The van der Waals surface area contributed by atoms with Crippen molar-refractivity contribution in [3.63, 3.8) is 0 Å². The SMILES string of the molecule is CCCCc1ccc(-n2c(C(=O)O)c(Oc3cccc(C(F)(F)F)c3)c3ccc(Cl)cc32)cc1. The summed E-state index contributed by atoms with van der Waals surface area (Å²) in [6.45, 7) is 2.11. The number of carboxylic acids is 1. The summed E-state index contributed by atoms with van der Waals surface area (Å²) in [5.74, 6) is -1.47. The number of fused-ring (bicyclic) bond motifs is 1. The molecule has 1 N–H and O–H groups in total. The number of rotatable bonds is 7. The maximum atomic E-state index is 13.2. The lowest BCUT2D eigenvalue weighted by molar-refractivity contribution is -0.137. The topological polar surface area (TPSA) is 51.5 Å². The van der Waals surface area contributed by atoms with Gasteiger partial charge in [-0.2, -0.15) is 13.2 Å². The molecule has 0 aliphatic heterocycles. The highest BCUT2D eigenvalue weighted by Crippen LogP contribution is 2.40. The summed E-state index contributed by atoms with van der Waals surface area (Å²) >= 11 is 6.21. The van der Waals surface area contributed by atoms with Crippen molar-refractivity contribution in [1.82, 2.24) is 4.57 Å². The Morgan fingerprint density at radius 2 is 1.79 bits per heavy atom. The Morgan fingerprint density at radius 3 is 2.44 bits per heavy atom. The fourth-order valence-corrected chi connectivity index (χ4v) is 4.01. The van der Waals surface area contributed by atoms with E-state index >= 15 is 0 Å². The lowest BCUT2D eigenvalue weighted by atomic mass is 10.1. The van der Waals surface area contributed by atoms with E-state index in [1.54, 1.807) is 18.2 Å². The van der Waals surface area contributed by atoms with Gasteiger partial charge >= 0.3 is 12.1 Å². The van der Waals surface area contributed by atoms with Crippen molar-refractivity contribution in [1.29, 1.82) is 0 Å². The number of aryl methyl sites for hydroxylation is 1. The zero-order valence-corrected chi connectivity index (χ0v) is 19.0. The average Bonchev–Trinajstić information content (AvgIpc) is 3.11. The molecular formula is C26H21ClF3NO3. The van der Waals surface area contributed by atoms with E-state index in [0.29, 0.717) is 21.6 Å². The first-order valence-electron chi connectivity index (χ1n) is 10.7. The molecule has 0 aliphatic carbocycles. The molecule has 4 aromatic rings. The number of carbonyl (C=O) groups is 1. The van der Waals surface area contributed by atoms with Crippen LogP contribution >= 0.6 is 11.6 Å². The van der Waals surface area contributed by atoms with Crippen molar-refractivity contribution in [2.75, 3.05) is 0 Å². The number of hydrogen-bond donors (Lipinski definition) is 1. The van der Waals surface area contributed by atoms with Gasteiger partial charge in [0.2, 0.25) is 0 Å². The predicted octanol–water partition coefficient (Wildman–Crippen LogP) is 8.14. The van der Waals surface area contributed by atoms with Crippen LogP contribution in [0.25, 0.3) is 16.6 Å². The Kier molecular flexibility index (Phi) is 6.57. The summed E-state index contributed by atoms with van der Waals surface area (Å²) < 4.78 is 46.8. The molecule has 0 atom stereocenters. The molecule has 0 fully saturated rings. The van der Waals surface area contributed by atoms with E-state index in [4.69, 9.17) is 16.3 Å². The fraction of sp³-hybridized carbons (Fsp3) is 0.192. The van der Waals surface area contributed by atoms with Gasteiger partial charge in [0.25, 0.3) is 0 Å². The van der Waals surface area contributed by atoms with Crippen molar-refractivity contribution >= 4 is 28.5 Å². The predicted molar refractivity (Wildman–Crippen MR) is 125 cm³/mol. The molecule has 0 saturated heterocycles. The molecule has 0 bridgehead atoms. The Morgan fingerprint density at radius 1 is 1.06 bits per heavy atom. The van der Waals surface area contributed by atoms with Crippen molar-refractivity contribution in [2.45, 2.75) is 32.4 Å². The van der Waals surface area contributed by atoms with E-state index in [9.17, 15) is 23.1 Å². The quantitative estimate of drug-likeness (QED) is 0.286. The lowest BCUT2D eigenvalue weighted by Gasteiger charge is -2.12. The minimum absolute atomic E-state index is 0.0615. The lowest BCUT2D eigenvalue weighted by Crippen LogP contribution is -2.08. The molecule has 0 spiro atoms. The van der Waals surface area contributed by atoms with Crippen LogP contribution in [0.3, 0.4) is 0 Å². The minimum Gasteiger partial charge on any atom is -0.476 e. The summed E-state index contributed by atoms with van der Waals surface area (Å²) in [7, 11) is 0. The molecule has 1 heterocycles. The Bertz CT molecular complexity index is 1340. The van der Waals surface area contributed by atoms with Gasteiger partial charge in [0.05, 0.1) is 11.1 Å². The highest BCUT2D eigenvalue weighted by molar-refractivity contribution is 6.31. The summed E-state index contributed by atoms with van der Waals surface area (Å²) in [6.07, 6.45) is -1.56. The molecule has 8 heteroatoms. The number of hydrogen-bond acceptors (Lipinski definition) is 2. The number of alkyl halides is 3. The molecule has 3 aromatic carbocycles. The van der Waals surface area contributed by atoms with E-state index in [2.05, 4.69) is 6.92 Å². The number of nitrogens with zero attached hydrogens (tertiary/aromatic N) is 1.